The van der Waals surface area contributed by atoms with E-state index in [0.29, 0.717) is 21.4 Å². The molecule has 2 N–H and O–H groups in total. The molecule has 0 bridgehead atoms. The van der Waals surface area contributed by atoms with Crippen molar-refractivity contribution >= 4 is 62.8 Å². The van der Waals surface area contributed by atoms with Crippen molar-refractivity contribution in [2.24, 2.45) is 0 Å². The number of thiophene rings is 1. The van der Waals surface area contributed by atoms with Gasteiger partial charge in [-0.1, -0.05) is 11.6 Å². The van der Waals surface area contributed by atoms with E-state index >= 15 is 0 Å². The minimum absolute atomic E-state index is 0.359. The van der Waals surface area contributed by atoms with Gasteiger partial charge in [0.15, 0.2) is 5.13 Å². The lowest BCUT2D eigenvalue weighted by Crippen LogP contribution is -1.95. The van der Waals surface area contributed by atoms with Crippen LogP contribution in [0.3, 0.4) is 0 Å². The highest BCUT2D eigenvalue weighted by Gasteiger charge is 2.22. The molecule has 5 nitrogen and oxygen atoms in total. The van der Waals surface area contributed by atoms with Gasteiger partial charge in [0.05, 0.1) is 9.90 Å². The monoisotopic (exact) mass is 488 g/mol. The molecular formula is C22H17ClN2O3S3. The van der Waals surface area contributed by atoms with E-state index in [2.05, 4.69) is 10.3 Å². The third-order valence-corrected chi connectivity index (χ3v) is 7.82. The Bertz CT molecular complexity index is 1220. The van der Waals surface area contributed by atoms with Crippen LogP contribution < -0.4 is 10.1 Å². The smallest absolute Gasteiger partial charge is 0.346 e. The van der Waals surface area contributed by atoms with E-state index in [9.17, 15) is 9.90 Å². The summed E-state index contributed by atoms with van der Waals surface area (Å²) in [7, 11) is 0. The third kappa shape index (κ3) is 4.88. The molecule has 0 amide bonds. The van der Waals surface area contributed by atoms with Gasteiger partial charge in [0.25, 0.3) is 0 Å². The highest BCUT2D eigenvalue weighted by Crippen LogP contribution is 2.42. The normalized spacial score (nSPS) is 10.8. The highest BCUT2D eigenvalue weighted by atomic mass is 35.5. The molecule has 0 fully saturated rings. The number of aromatic carboxylic acids is 1. The number of carbonyl (C=O) groups is 1. The molecule has 0 saturated carbocycles. The zero-order valence-electron chi connectivity index (χ0n) is 16.5. The second-order valence-corrected chi connectivity index (χ2v) is 9.86. The average molecular weight is 489 g/mol. The van der Waals surface area contributed by atoms with Gasteiger partial charge >= 0.3 is 5.97 Å². The first-order chi connectivity index (χ1) is 14.9. The van der Waals surface area contributed by atoms with Crippen molar-refractivity contribution in [3.63, 3.8) is 0 Å². The number of carboxylic acid groups (broad SMARTS) is 1. The number of hydrogen-bond donors (Lipinski definition) is 2. The second kappa shape index (κ2) is 9.32. The molecule has 31 heavy (non-hydrogen) atoms. The van der Waals surface area contributed by atoms with Gasteiger partial charge in [0.2, 0.25) is 0 Å². The molecule has 2 aromatic heterocycles. The fourth-order valence-electron chi connectivity index (χ4n) is 2.95. The summed E-state index contributed by atoms with van der Waals surface area (Å²) in [6.07, 6.45) is 1.94. The number of halogens is 1. The van der Waals surface area contributed by atoms with E-state index in [0.717, 1.165) is 31.8 Å². The third-order valence-electron chi connectivity index (χ3n) is 4.41. The second-order valence-electron chi connectivity index (χ2n) is 6.47. The summed E-state index contributed by atoms with van der Waals surface area (Å²) in [5, 5.41) is 16.1. The van der Waals surface area contributed by atoms with Gasteiger partial charge in [-0.05, 0) is 67.3 Å². The van der Waals surface area contributed by atoms with Gasteiger partial charge in [0, 0.05) is 21.7 Å². The molecule has 0 aliphatic heterocycles. The summed E-state index contributed by atoms with van der Waals surface area (Å²) in [6, 6.07) is 14.8. The molecule has 0 radical (unpaired) electrons. The molecule has 0 atom stereocenters. The maximum absolute atomic E-state index is 11.5. The van der Waals surface area contributed by atoms with Gasteiger partial charge in [-0.15, -0.1) is 34.4 Å². The van der Waals surface area contributed by atoms with Gasteiger partial charge in [0.1, 0.15) is 16.4 Å². The Kier molecular flexibility index (Phi) is 6.52. The number of hydrogen-bond acceptors (Lipinski definition) is 7. The first kappa shape index (κ1) is 21.7. The summed E-state index contributed by atoms with van der Waals surface area (Å²) in [4.78, 5) is 16.5. The average Bonchev–Trinajstić information content (AvgIpc) is 3.34. The number of thioether (sulfide) groups is 1. The number of carboxylic acids is 1. The largest absolute Gasteiger partial charge is 0.477 e. The van der Waals surface area contributed by atoms with Crippen molar-refractivity contribution in [1.29, 1.82) is 0 Å². The van der Waals surface area contributed by atoms with Crippen LogP contribution in [0.15, 0.2) is 58.1 Å². The Morgan fingerprint density at radius 2 is 1.77 bits per heavy atom. The van der Waals surface area contributed by atoms with E-state index in [1.54, 1.807) is 12.1 Å². The van der Waals surface area contributed by atoms with Gasteiger partial charge in [-0.3, -0.25) is 0 Å². The van der Waals surface area contributed by atoms with E-state index in [1.165, 1.54) is 34.4 Å². The molecule has 2 aromatic carbocycles. The zero-order chi connectivity index (χ0) is 22.0. The van der Waals surface area contributed by atoms with Crippen LogP contribution in [-0.4, -0.2) is 22.3 Å². The minimum Gasteiger partial charge on any atom is -0.477 e. The minimum atomic E-state index is -0.904. The molecular weight excluding hydrogens is 472 g/mol. The Morgan fingerprint density at radius 3 is 2.39 bits per heavy atom. The van der Waals surface area contributed by atoms with Gasteiger partial charge in [-0.25, -0.2) is 9.78 Å². The van der Waals surface area contributed by atoms with E-state index in [1.807, 2.05) is 55.0 Å². The van der Waals surface area contributed by atoms with E-state index in [4.69, 9.17) is 16.3 Å². The van der Waals surface area contributed by atoms with Crippen molar-refractivity contribution < 1.29 is 14.6 Å². The molecule has 2 heterocycles. The molecule has 0 aliphatic rings. The molecule has 158 valence electrons. The SMILES string of the molecule is CSc1sc(C(=O)O)c(C)c1-c1csc(Nc2ccc(Oc3ccc(Cl)cc3)cc2)n1. The lowest BCUT2D eigenvalue weighted by Gasteiger charge is -2.07. The van der Waals surface area contributed by atoms with Crippen molar-refractivity contribution in [3.05, 3.63) is 69.4 Å². The number of ether oxygens (including phenoxy) is 1. The van der Waals surface area contributed by atoms with E-state index < -0.39 is 5.97 Å². The zero-order valence-corrected chi connectivity index (χ0v) is 19.7. The summed E-state index contributed by atoms with van der Waals surface area (Å²) in [6.45, 7) is 1.83. The molecule has 4 rings (SSSR count). The van der Waals surface area contributed by atoms with Crippen molar-refractivity contribution in [1.82, 2.24) is 4.98 Å². The first-order valence-corrected chi connectivity index (χ1v) is 12.4. The molecule has 9 heteroatoms. The fraction of sp³-hybridized carbons (Fsp3) is 0.0909. The number of nitrogens with one attached hydrogen (secondary N) is 1. The number of anilines is 2. The van der Waals surface area contributed by atoms with Crippen LogP contribution in [0.25, 0.3) is 11.3 Å². The lowest BCUT2D eigenvalue weighted by molar-refractivity contribution is 0.0701. The highest BCUT2D eigenvalue weighted by molar-refractivity contribution is 8.00. The van der Waals surface area contributed by atoms with Crippen LogP contribution in [-0.2, 0) is 0 Å². The Morgan fingerprint density at radius 1 is 1.13 bits per heavy atom. The van der Waals surface area contributed by atoms with Gasteiger partial charge < -0.3 is 15.2 Å². The fourth-order valence-corrected chi connectivity index (χ4v) is 5.73. The molecule has 0 saturated heterocycles. The van der Waals surface area contributed by atoms with Crippen molar-refractivity contribution in [2.75, 3.05) is 11.6 Å². The molecule has 0 unspecified atom stereocenters. The lowest BCUT2D eigenvalue weighted by atomic mass is 10.1. The number of rotatable bonds is 7. The maximum atomic E-state index is 11.5. The van der Waals surface area contributed by atoms with Crippen LogP contribution >= 0.6 is 46.0 Å². The number of aromatic nitrogens is 1. The van der Waals surface area contributed by atoms with Crippen LogP contribution in [0.2, 0.25) is 5.02 Å². The summed E-state index contributed by atoms with van der Waals surface area (Å²) < 4.78 is 6.77. The maximum Gasteiger partial charge on any atom is 0.346 e. The van der Waals surface area contributed by atoms with Gasteiger partial charge in [-0.2, -0.15) is 0 Å². The van der Waals surface area contributed by atoms with Crippen molar-refractivity contribution in [2.45, 2.75) is 11.1 Å². The Labute approximate surface area is 196 Å². The summed E-state index contributed by atoms with van der Waals surface area (Å²) in [5.41, 5.74) is 3.30. The van der Waals surface area contributed by atoms with Crippen LogP contribution in [0.5, 0.6) is 11.5 Å². The topological polar surface area (TPSA) is 71.5 Å². The summed E-state index contributed by atoms with van der Waals surface area (Å²) >= 11 is 10.2. The first-order valence-electron chi connectivity index (χ1n) is 9.11. The standard InChI is InChI=1S/C22H17ClN2O3S3/c1-12-18(21(29-2)31-19(12)20(26)27)17-11-30-22(25-17)24-14-5-9-16(10-6-14)28-15-7-3-13(23)4-8-15/h3-11H,1-2H3,(H,24,25)(H,26,27). The van der Waals surface area contributed by atoms with Crippen molar-refractivity contribution in [3.8, 4) is 22.8 Å². The van der Waals surface area contributed by atoms with Crippen LogP contribution in [0.4, 0.5) is 10.8 Å². The Balaban J connectivity index is 1.49. The Hall–Kier alpha value is -2.52. The predicted octanol–water partition coefficient (Wildman–Crippen LogP) is 7.79. The quantitative estimate of drug-likeness (QED) is 0.259. The number of thiazole rings is 1. The molecule has 0 spiro atoms. The number of benzene rings is 2. The predicted molar refractivity (Wildman–Crippen MR) is 130 cm³/mol. The number of nitrogens with zero attached hydrogens (tertiary/aromatic N) is 1. The van der Waals surface area contributed by atoms with E-state index in [-0.39, 0.29) is 0 Å². The van der Waals surface area contributed by atoms with Crippen LogP contribution in [0, 0.1) is 6.92 Å². The molecule has 0 aliphatic carbocycles. The summed E-state index contributed by atoms with van der Waals surface area (Å²) in [5.74, 6) is 0.525. The van der Waals surface area contributed by atoms with Crippen LogP contribution in [0.1, 0.15) is 15.2 Å². The molecule has 4 aromatic rings.